The van der Waals surface area contributed by atoms with Crippen molar-refractivity contribution in [1.29, 1.82) is 0 Å². The summed E-state index contributed by atoms with van der Waals surface area (Å²) in [5.41, 5.74) is -0.754. The Morgan fingerprint density at radius 3 is 2.07 bits per heavy atom. The molecule has 0 heterocycles. The first kappa shape index (κ1) is 11.9. The summed E-state index contributed by atoms with van der Waals surface area (Å²) >= 11 is 0. The van der Waals surface area contributed by atoms with E-state index in [0.29, 0.717) is 0 Å². The molecule has 4 heteroatoms. The highest BCUT2D eigenvalue weighted by molar-refractivity contribution is 5.33. The Bertz CT molecular complexity index is 354. The molecule has 15 heavy (non-hydrogen) atoms. The van der Waals surface area contributed by atoms with Gasteiger partial charge in [0.1, 0.15) is 5.60 Å². The molecule has 0 saturated heterocycles. The predicted molar refractivity (Wildman–Crippen MR) is 51.4 cm³/mol. The monoisotopic (exact) mass is 218 g/mol. The number of ether oxygens (including phenoxy) is 1. The van der Waals surface area contributed by atoms with Crippen molar-refractivity contribution in [3.05, 3.63) is 29.1 Å². The second-order valence-corrected chi connectivity index (χ2v) is 4.35. The lowest BCUT2D eigenvalue weighted by Crippen LogP contribution is -2.24. The molecule has 0 aliphatic carbocycles. The fourth-order valence-electron chi connectivity index (χ4n) is 1.10. The molecular weight excluding hydrogens is 205 g/mol. The molecule has 0 unspecified atom stereocenters. The van der Waals surface area contributed by atoms with Gasteiger partial charge in [-0.2, -0.15) is 4.39 Å². The molecule has 84 valence electrons. The highest BCUT2D eigenvalue weighted by Crippen LogP contribution is 2.29. The van der Waals surface area contributed by atoms with Gasteiger partial charge in [0.25, 0.3) is 0 Å². The number of rotatable bonds is 1. The lowest BCUT2D eigenvalue weighted by Gasteiger charge is -2.22. The molecule has 1 rings (SSSR count). The Hall–Kier alpha value is -1.19. The Labute approximate surface area is 86.9 Å². The molecule has 0 aliphatic rings. The van der Waals surface area contributed by atoms with Crippen molar-refractivity contribution in [2.75, 3.05) is 0 Å². The molecule has 1 aromatic carbocycles. The molecule has 0 spiro atoms. The van der Waals surface area contributed by atoms with E-state index in [1.807, 2.05) is 0 Å². The van der Waals surface area contributed by atoms with Gasteiger partial charge in [0.2, 0.25) is 5.82 Å². The van der Waals surface area contributed by atoms with E-state index in [0.717, 1.165) is 6.07 Å². The summed E-state index contributed by atoms with van der Waals surface area (Å²) in [5, 5.41) is 0. The summed E-state index contributed by atoms with van der Waals surface area (Å²) in [6.07, 6.45) is 0. The fraction of sp³-hybridized carbons (Fsp3) is 0.455. The molecule has 0 atom stereocenters. The maximum Gasteiger partial charge on any atom is 0.203 e. The van der Waals surface area contributed by atoms with Crippen LogP contribution in [0.3, 0.4) is 0 Å². The van der Waals surface area contributed by atoms with E-state index in [2.05, 4.69) is 0 Å². The molecule has 0 saturated carbocycles. The third-order valence-corrected chi connectivity index (χ3v) is 1.71. The van der Waals surface area contributed by atoms with Gasteiger partial charge in [-0.1, -0.05) is 0 Å². The Morgan fingerprint density at radius 1 is 1.07 bits per heavy atom. The highest BCUT2D eigenvalue weighted by Gasteiger charge is 2.23. The Balaban J connectivity index is 3.27. The SMILES string of the molecule is Cc1cc(F)c(F)c(OC(C)(C)C)c1F. The number of hydrogen-bond donors (Lipinski definition) is 0. The van der Waals surface area contributed by atoms with Gasteiger partial charge in [-0.3, -0.25) is 0 Å². The summed E-state index contributed by atoms with van der Waals surface area (Å²) in [4.78, 5) is 0. The molecule has 0 aliphatic heterocycles. The van der Waals surface area contributed by atoms with Gasteiger partial charge in [0.15, 0.2) is 17.4 Å². The average molecular weight is 218 g/mol. The van der Waals surface area contributed by atoms with E-state index in [4.69, 9.17) is 4.74 Å². The minimum absolute atomic E-state index is 0.0214. The van der Waals surface area contributed by atoms with E-state index in [1.54, 1.807) is 20.8 Å². The van der Waals surface area contributed by atoms with Crippen LogP contribution in [-0.4, -0.2) is 5.60 Å². The maximum atomic E-state index is 13.4. The predicted octanol–water partition coefficient (Wildman–Crippen LogP) is 3.59. The van der Waals surface area contributed by atoms with Gasteiger partial charge < -0.3 is 4.74 Å². The van der Waals surface area contributed by atoms with E-state index >= 15 is 0 Å². The molecule has 0 N–H and O–H groups in total. The lowest BCUT2D eigenvalue weighted by molar-refractivity contribution is 0.115. The van der Waals surface area contributed by atoms with Crippen LogP contribution in [0.25, 0.3) is 0 Å². The molecule has 1 aromatic rings. The number of benzene rings is 1. The summed E-state index contributed by atoms with van der Waals surface area (Å²) in [7, 11) is 0. The molecule has 0 aromatic heterocycles. The third-order valence-electron chi connectivity index (χ3n) is 1.71. The Morgan fingerprint density at radius 2 is 1.60 bits per heavy atom. The van der Waals surface area contributed by atoms with Crippen molar-refractivity contribution >= 4 is 0 Å². The first-order valence-corrected chi connectivity index (χ1v) is 4.55. The van der Waals surface area contributed by atoms with Crippen LogP contribution in [0.1, 0.15) is 26.3 Å². The van der Waals surface area contributed by atoms with E-state index < -0.39 is 28.8 Å². The minimum atomic E-state index is -1.28. The molecule has 0 bridgehead atoms. The van der Waals surface area contributed by atoms with Gasteiger partial charge in [0.05, 0.1) is 0 Å². The van der Waals surface area contributed by atoms with Gasteiger partial charge in [-0.05, 0) is 39.3 Å². The van der Waals surface area contributed by atoms with Crippen molar-refractivity contribution < 1.29 is 17.9 Å². The van der Waals surface area contributed by atoms with Crippen LogP contribution in [0.5, 0.6) is 5.75 Å². The van der Waals surface area contributed by atoms with Crippen molar-refractivity contribution in [3.63, 3.8) is 0 Å². The number of hydrogen-bond acceptors (Lipinski definition) is 1. The maximum absolute atomic E-state index is 13.4. The van der Waals surface area contributed by atoms with Crippen LogP contribution in [-0.2, 0) is 0 Å². The fourth-order valence-corrected chi connectivity index (χ4v) is 1.10. The van der Waals surface area contributed by atoms with Crippen LogP contribution >= 0.6 is 0 Å². The molecule has 1 nitrogen and oxygen atoms in total. The molecular formula is C11H13F3O. The summed E-state index contributed by atoms with van der Waals surface area (Å²) in [6, 6.07) is 0.806. The molecule has 0 radical (unpaired) electrons. The van der Waals surface area contributed by atoms with E-state index in [1.165, 1.54) is 6.92 Å². The van der Waals surface area contributed by atoms with Crippen molar-refractivity contribution in [2.24, 2.45) is 0 Å². The first-order valence-electron chi connectivity index (χ1n) is 4.55. The average Bonchev–Trinajstić information content (AvgIpc) is 2.08. The summed E-state index contributed by atoms with van der Waals surface area (Å²) in [6.45, 7) is 6.25. The number of aryl methyl sites for hydroxylation is 1. The van der Waals surface area contributed by atoms with Crippen LogP contribution in [0.2, 0.25) is 0 Å². The van der Waals surface area contributed by atoms with Gasteiger partial charge >= 0.3 is 0 Å². The Kier molecular flexibility index (Phi) is 2.98. The number of halogens is 3. The molecule has 0 amide bonds. The summed E-state index contributed by atoms with van der Waals surface area (Å²) < 4.78 is 44.7. The zero-order valence-corrected chi connectivity index (χ0v) is 9.12. The van der Waals surface area contributed by atoms with Crippen LogP contribution in [0, 0.1) is 24.4 Å². The largest absolute Gasteiger partial charge is 0.482 e. The van der Waals surface area contributed by atoms with Gasteiger partial charge in [-0.25, -0.2) is 8.78 Å². The standard InChI is InChI=1S/C11H13F3O/c1-6-5-7(12)9(14)10(8(6)13)15-11(2,3)4/h5H,1-4H3. The summed E-state index contributed by atoms with van der Waals surface area (Å²) in [5.74, 6) is -3.90. The van der Waals surface area contributed by atoms with Gasteiger partial charge in [0, 0.05) is 0 Å². The normalized spacial score (nSPS) is 11.7. The quantitative estimate of drug-likeness (QED) is 0.654. The van der Waals surface area contributed by atoms with Crippen molar-refractivity contribution in [2.45, 2.75) is 33.3 Å². The minimum Gasteiger partial charge on any atom is -0.482 e. The van der Waals surface area contributed by atoms with E-state index in [9.17, 15) is 13.2 Å². The zero-order chi connectivity index (χ0) is 11.8. The first-order chi connectivity index (χ1) is 6.72. The van der Waals surface area contributed by atoms with Gasteiger partial charge in [-0.15, -0.1) is 0 Å². The van der Waals surface area contributed by atoms with Crippen LogP contribution in [0.15, 0.2) is 6.07 Å². The second-order valence-electron chi connectivity index (χ2n) is 4.35. The van der Waals surface area contributed by atoms with E-state index in [-0.39, 0.29) is 5.56 Å². The van der Waals surface area contributed by atoms with Crippen molar-refractivity contribution in [3.8, 4) is 5.75 Å². The highest BCUT2D eigenvalue weighted by atomic mass is 19.2. The molecule has 0 fully saturated rings. The topological polar surface area (TPSA) is 9.23 Å². The second kappa shape index (κ2) is 3.76. The van der Waals surface area contributed by atoms with Crippen LogP contribution in [0.4, 0.5) is 13.2 Å². The third kappa shape index (κ3) is 2.64. The zero-order valence-electron chi connectivity index (χ0n) is 9.12. The lowest BCUT2D eigenvalue weighted by atomic mass is 10.1. The van der Waals surface area contributed by atoms with Crippen molar-refractivity contribution in [1.82, 2.24) is 0 Å². The van der Waals surface area contributed by atoms with Crippen LogP contribution < -0.4 is 4.74 Å². The smallest absolute Gasteiger partial charge is 0.203 e.